The zero-order valence-electron chi connectivity index (χ0n) is 6.01. The quantitative estimate of drug-likeness (QED) is 0.567. The topological polar surface area (TPSA) is 21.3 Å². The van der Waals surface area contributed by atoms with E-state index in [0.29, 0.717) is 0 Å². The first kappa shape index (κ1) is 8.31. The van der Waals surface area contributed by atoms with Gasteiger partial charge in [0.15, 0.2) is 0 Å². The van der Waals surface area contributed by atoms with E-state index in [9.17, 15) is 0 Å². The third kappa shape index (κ3) is 1.44. The summed E-state index contributed by atoms with van der Waals surface area (Å²) in [7, 11) is 0. The minimum Gasteiger partial charge on any atom is -0.381 e. The molecule has 2 nitrogen and oxygen atoms in total. The van der Waals surface area contributed by atoms with Crippen molar-refractivity contribution in [2.45, 2.75) is 6.42 Å². The van der Waals surface area contributed by atoms with Gasteiger partial charge in [0, 0.05) is 13.2 Å². The average Bonchev–Trinajstić information content (AvgIpc) is 2.33. The third-order valence-electron chi connectivity index (χ3n) is 2.43. The third-order valence-corrected chi connectivity index (χ3v) is 2.43. The normalized spacial score (nSPS) is 38.4. The molecule has 2 saturated heterocycles. The number of nitrogens with one attached hydrogen (secondary N) is 1. The van der Waals surface area contributed by atoms with Gasteiger partial charge in [0.25, 0.3) is 0 Å². The summed E-state index contributed by atoms with van der Waals surface area (Å²) in [6.07, 6.45) is 1.32. The number of rotatable bonds is 0. The molecule has 0 aliphatic carbocycles. The highest BCUT2D eigenvalue weighted by atomic mass is 35.5. The first-order valence-electron chi connectivity index (χ1n) is 3.75. The van der Waals surface area contributed by atoms with E-state index in [4.69, 9.17) is 4.74 Å². The van der Waals surface area contributed by atoms with Crippen LogP contribution in [0.5, 0.6) is 0 Å². The Bertz CT molecular complexity index is 97.8. The Balaban J connectivity index is 0.000000500. The summed E-state index contributed by atoms with van der Waals surface area (Å²) in [4.78, 5) is 0. The molecular weight excluding hydrogens is 150 g/mol. The largest absolute Gasteiger partial charge is 0.381 e. The van der Waals surface area contributed by atoms with Crippen LogP contribution in [-0.4, -0.2) is 26.3 Å². The molecule has 2 aliphatic rings. The van der Waals surface area contributed by atoms with E-state index in [0.717, 1.165) is 25.0 Å². The second kappa shape index (κ2) is 3.56. The Morgan fingerprint density at radius 2 is 2.00 bits per heavy atom. The summed E-state index contributed by atoms with van der Waals surface area (Å²) in [6.45, 7) is 4.40. The smallest absolute Gasteiger partial charge is 0.0510 e. The summed E-state index contributed by atoms with van der Waals surface area (Å²) in [5, 5.41) is 3.38. The Hall–Kier alpha value is 0.210. The SMILES string of the molecule is C1C[C@@H]2COC[C@H]2CN1.Cl. The molecule has 0 aromatic heterocycles. The fourth-order valence-corrected chi connectivity index (χ4v) is 1.76. The molecule has 2 heterocycles. The predicted molar refractivity (Wildman–Crippen MR) is 42.5 cm³/mol. The van der Waals surface area contributed by atoms with Crippen LogP contribution in [0.15, 0.2) is 0 Å². The van der Waals surface area contributed by atoms with Crippen LogP contribution in [0.3, 0.4) is 0 Å². The Kier molecular flexibility index (Phi) is 2.96. The van der Waals surface area contributed by atoms with Crippen molar-refractivity contribution in [3.05, 3.63) is 0 Å². The van der Waals surface area contributed by atoms with E-state index >= 15 is 0 Å². The number of halogens is 1. The van der Waals surface area contributed by atoms with Crippen molar-refractivity contribution in [3.63, 3.8) is 0 Å². The second-order valence-electron chi connectivity index (χ2n) is 3.05. The van der Waals surface area contributed by atoms with Crippen LogP contribution in [0.4, 0.5) is 0 Å². The molecule has 0 spiro atoms. The average molecular weight is 164 g/mol. The van der Waals surface area contributed by atoms with Gasteiger partial charge < -0.3 is 10.1 Å². The molecule has 0 unspecified atom stereocenters. The van der Waals surface area contributed by atoms with E-state index in [2.05, 4.69) is 5.32 Å². The zero-order valence-corrected chi connectivity index (χ0v) is 6.82. The lowest BCUT2D eigenvalue weighted by Crippen LogP contribution is -2.35. The molecule has 0 saturated carbocycles. The summed E-state index contributed by atoms with van der Waals surface area (Å²) < 4.78 is 5.35. The van der Waals surface area contributed by atoms with Crippen molar-refractivity contribution in [2.24, 2.45) is 11.8 Å². The van der Waals surface area contributed by atoms with E-state index in [1.54, 1.807) is 0 Å². The summed E-state index contributed by atoms with van der Waals surface area (Å²) >= 11 is 0. The van der Waals surface area contributed by atoms with Gasteiger partial charge in [-0.05, 0) is 24.8 Å². The first-order chi connectivity index (χ1) is 4.47. The molecule has 0 aromatic carbocycles. The van der Waals surface area contributed by atoms with E-state index in [1.807, 2.05) is 0 Å². The highest BCUT2D eigenvalue weighted by Crippen LogP contribution is 2.25. The highest BCUT2D eigenvalue weighted by molar-refractivity contribution is 5.85. The van der Waals surface area contributed by atoms with Crippen molar-refractivity contribution in [2.75, 3.05) is 26.3 Å². The zero-order chi connectivity index (χ0) is 6.10. The van der Waals surface area contributed by atoms with Crippen molar-refractivity contribution < 1.29 is 4.74 Å². The Morgan fingerprint density at radius 1 is 1.20 bits per heavy atom. The van der Waals surface area contributed by atoms with Gasteiger partial charge in [0.2, 0.25) is 0 Å². The molecule has 0 aromatic rings. The highest BCUT2D eigenvalue weighted by Gasteiger charge is 2.29. The molecule has 10 heavy (non-hydrogen) atoms. The maximum absolute atomic E-state index is 5.35. The van der Waals surface area contributed by atoms with Gasteiger partial charge in [-0.15, -0.1) is 12.4 Å². The van der Waals surface area contributed by atoms with Crippen molar-refractivity contribution in [1.29, 1.82) is 0 Å². The van der Waals surface area contributed by atoms with Gasteiger partial charge in [-0.3, -0.25) is 0 Å². The maximum atomic E-state index is 5.35. The second-order valence-corrected chi connectivity index (χ2v) is 3.05. The molecule has 2 aliphatic heterocycles. The molecule has 0 bridgehead atoms. The monoisotopic (exact) mass is 163 g/mol. The summed E-state index contributed by atoms with van der Waals surface area (Å²) in [5.41, 5.74) is 0. The van der Waals surface area contributed by atoms with Crippen LogP contribution < -0.4 is 5.32 Å². The molecule has 2 fully saturated rings. The molecule has 3 heteroatoms. The van der Waals surface area contributed by atoms with Crippen LogP contribution >= 0.6 is 12.4 Å². The fraction of sp³-hybridized carbons (Fsp3) is 1.00. The standard InChI is InChI=1S/C7H13NO.ClH/c1-2-8-3-7-5-9-4-6(1)7;/h6-8H,1-5H2;1H/t6-,7-;/m1./s1. The van der Waals surface area contributed by atoms with Crippen LogP contribution in [0, 0.1) is 11.8 Å². The Morgan fingerprint density at radius 3 is 2.80 bits per heavy atom. The number of hydrogen-bond donors (Lipinski definition) is 1. The van der Waals surface area contributed by atoms with E-state index < -0.39 is 0 Å². The van der Waals surface area contributed by atoms with Crippen LogP contribution in [0.2, 0.25) is 0 Å². The van der Waals surface area contributed by atoms with Gasteiger partial charge in [-0.2, -0.15) is 0 Å². The van der Waals surface area contributed by atoms with Crippen molar-refractivity contribution in [3.8, 4) is 0 Å². The molecule has 60 valence electrons. The summed E-state index contributed by atoms with van der Waals surface area (Å²) in [5.74, 6) is 1.71. The van der Waals surface area contributed by atoms with Gasteiger partial charge in [-0.25, -0.2) is 0 Å². The van der Waals surface area contributed by atoms with E-state index in [-0.39, 0.29) is 12.4 Å². The molecule has 0 radical (unpaired) electrons. The lowest BCUT2D eigenvalue weighted by atomic mass is 9.90. The lowest BCUT2D eigenvalue weighted by Gasteiger charge is -2.23. The molecule has 0 amide bonds. The number of piperidine rings is 1. The first-order valence-corrected chi connectivity index (χ1v) is 3.75. The molecule has 2 rings (SSSR count). The maximum Gasteiger partial charge on any atom is 0.0510 e. The van der Waals surface area contributed by atoms with Crippen molar-refractivity contribution in [1.82, 2.24) is 5.32 Å². The summed E-state index contributed by atoms with van der Waals surface area (Å²) in [6, 6.07) is 0. The Labute approximate surface area is 67.7 Å². The van der Waals surface area contributed by atoms with Gasteiger partial charge >= 0.3 is 0 Å². The van der Waals surface area contributed by atoms with E-state index in [1.165, 1.54) is 19.5 Å². The minimum atomic E-state index is 0. The van der Waals surface area contributed by atoms with Gasteiger partial charge in [-0.1, -0.05) is 0 Å². The van der Waals surface area contributed by atoms with Gasteiger partial charge in [0.05, 0.1) is 6.61 Å². The molecule has 1 N–H and O–H groups in total. The van der Waals surface area contributed by atoms with Crippen LogP contribution in [-0.2, 0) is 4.74 Å². The van der Waals surface area contributed by atoms with Crippen LogP contribution in [0.1, 0.15) is 6.42 Å². The lowest BCUT2D eigenvalue weighted by molar-refractivity contribution is 0.182. The predicted octanol–water partition coefficient (Wildman–Crippen LogP) is 0.664. The fourth-order valence-electron chi connectivity index (χ4n) is 1.76. The minimum absolute atomic E-state index is 0. The number of fused-ring (bicyclic) bond motifs is 1. The molecule has 2 atom stereocenters. The molecular formula is C7H14ClNO. The number of ether oxygens (including phenoxy) is 1. The van der Waals surface area contributed by atoms with Gasteiger partial charge in [0.1, 0.15) is 0 Å². The van der Waals surface area contributed by atoms with Crippen molar-refractivity contribution >= 4 is 12.4 Å². The van der Waals surface area contributed by atoms with Crippen LogP contribution in [0.25, 0.3) is 0 Å². The number of hydrogen-bond acceptors (Lipinski definition) is 2.